The van der Waals surface area contributed by atoms with E-state index in [0.717, 1.165) is 57.4 Å². The molecule has 7 nitrogen and oxygen atoms in total. The number of nitrogens with one attached hydrogen (secondary N) is 1. The molecule has 0 aliphatic carbocycles. The first-order valence-corrected chi connectivity index (χ1v) is 10.5. The zero-order valence-electron chi connectivity index (χ0n) is 16.7. The monoisotopic (exact) mass is 395 g/mol. The van der Waals surface area contributed by atoms with Crippen LogP contribution in [0.15, 0.2) is 36.5 Å². The Labute approximate surface area is 171 Å². The maximum Gasteiger partial charge on any atom is 0.320 e. The molecule has 2 aliphatic rings. The van der Waals surface area contributed by atoms with Crippen LogP contribution in [0.4, 0.5) is 4.79 Å². The van der Waals surface area contributed by atoms with Gasteiger partial charge in [-0.2, -0.15) is 5.10 Å². The summed E-state index contributed by atoms with van der Waals surface area (Å²) in [5, 5.41) is 6.90. The molecule has 4 rings (SSSR count). The van der Waals surface area contributed by atoms with E-state index in [2.05, 4.69) is 34.5 Å². The summed E-state index contributed by atoms with van der Waals surface area (Å²) in [4.78, 5) is 28.6. The fourth-order valence-electron chi connectivity index (χ4n) is 4.67. The fraction of sp³-hybridized carbons (Fsp3) is 0.500. The molecule has 1 aromatic carbocycles. The molecule has 29 heavy (non-hydrogen) atoms. The molecule has 2 aliphatic heterocycles. The van der Waals surface area contributed by atoms with Crippen molar-refractivity contribution in [3.05, 3.63) is 53.3 Å². The number of nitrogens with zero attached hydrogens (tertiary/aromatic N) is 3. The third kappa shape index (κ3) is 4.44. The van der Waals surface area contributed by atoms with Gasteiger partial charge in [0.25, 0.3) is 5.91 Å². The lowest BCUT2D eigenvalue weighted by Gasteiger charge is -2.39. The van der Waals surface area contributed by atoms with E-state index in [-0.39, 0.29) is 11.9 Å². The summed E-state index contributed by atoms with van der Waals surface area (Å²) < 4.78 is 0. The van der Waals surface area contributed by atoms with Gasteiger partial charge in [0.15, 0.2) is 0 Å². The van der Waals surface area contributed by atoms with E-state index < -0.39 is 5.91 Å². The Balaban J connectivity index is 1.33. The van der Waals surface area contributed by atoms with Crippen molar-refractivity contribution in [2.75, 3.05) is 26.2 Å². The van der Waals surface area contributed by atoms with Gasteiger partial charge in [-0.1, -0.05) is 30.3 Å². The first-order chi connectivity index (χ1) is 14.1. The maximum atomic E-state index is 13.1. The zero-order valence-corrected chi connectivity index (χ0v) is 16.7. The van der Waals surface area contributed by atoms with E-state index >= 15 is 0 Å². The highest BCUT2D eigenvalue weighted by Gasteiger charge is 2.32. The highest BCUT2D eigenvalue weighted by atomic mass is 16.2. The summed E-state index contributed by atoms with van der Waals surface area (Å²) in [6.07, 6.45) is 6.50. The number of piperidine rings is 2. The second kappa shape index (κ2) is 8.68. The summed E-state index contributed by atoms with van der Waals surface area (Å²) >= 11 is 0. The molecule has 0 radical (unpaired) electrons. The normalized spacial score (nSPS) is 20.6. The Morgan fingerprint density at radius 2 is 1.83 bits per heavy atom. The van der Waals surface area contributed by atoms with Crippen LogP contribution in [-0.4, -0.2) is 58.1 Å². The van der Waals surface area contributed by atoms with Crippen molar-refractivity contribution in [3.8, 4) is 0 Å². The minimum absolute atomic E-state index is 0.0771. The standard InChI is InChI=1S/C22H29N5O2/c23-21(28)19-14-24-25-20(19)18-7-4-10-27(15-18)22(29)26-11-8-17(9-12-26)13-16-5-2-1-3-6-16/h1-3,5-6,14,17-18H,4,7-13,15H2,(H2,23,28)(H,24,25). The van der Waals surface area contributed by atoms with Gasteiger partial charge < -0.3 is 15.5 Å². The molecular formula is C22H29N5O2. The lowest BCUT2D eigenvalue weighted by molar-refractivity contribution is 0.0998. The molecule has 0 bridgehead atoms. The molecule has 1 aromatic heterocycles. The Hall–Kier alpha value is -2.83. The zero-order chi connectivity index (χ0) is 20.2. The van der Waals surface area contributed by atoms with E-state index in [1.165, 1.54) is 11.8 Å². The number of urea groups is 1. The van der Waals surface area contributed by atoms with Gasteiger partial charge in [-0.15, -0.1) is 0 Å². The van der Waals surface area contributed by atoms with E-state index in [4.69, 9.17) is 5.73 Å². The minimum atomic E-state index is -0.474. The largest absolute Gasteiger partial charge is 0.365 e. The Bertz CT molecular complexity index is 842. The molecule has 3 amide bonds. The molecule has 2 aromatic rings. The Kier molecular flexibility index (Phi) is 5.83. The number of carbonyl (C=O) groups is 2. The molecule has 2 fully saturated rings. The molecular weight excluding hydrogens is 366 g/mol. The number of hydrogen-bond acceptors (Lipinski definition) is 3. The molecule has 154 valence electrons. The molecule has 1 unspecified atom stereocenters. The minimum Gasteiger partial charge on any atom is -0.365 e. The summed E-state index contributed by atoms with van der Waals surface area (Å²) in [6, 6.07) is 10.7. The van der Waals surface area contributed by atoms with Gasteiger partial charge in [-0.05, 0) is 43.6 Å². The van der Waals surface area contributed by atoms with Gasteiger partial charge in [0.1, 0.15) is 0 Å². The van der Waals surface area contributed by atoms with Gasteiger partial charge in [0.2, 0.25) is 0 Å². The van der Waals surface area contributed by atoms with Gasteiger partial charge >= 0.3 is 6.03 Å². The Morgan fingerprint density at radius 3 is 2.55 bits per heavy atom. The van der Waals surface area contributed by atoms with Crippen LogP contribution in [0.2, 0.25) is 0 Å². The average Bonchev–Trinajstić information content (AvgIpc) is 3.25. The highest BCUT2D eigenvalue weighted by Crippen LogP contribution is 2.29. The quantitative estimate of drug-likeness (QED) is 0.833. The summed E-state index contributed by atoms with van der Waals surface area (Å²) in [7, 11) is 0. The van der Waals surface area contributed by atoms with Crippen molar-refractivity contribution >= 4 is 11.9 Å². The van der Waals surface area contributed by atoms with Crippen molar-refractivity contribution in [3.63, 3.8) is 0 Å². The third-order valence-corrected chi connectivity index (χ3v) is 6.29. The summed E-state index contributed by atoms with van der Waals surface area (Å²) in [5.74, 6) is 0.240. The summed E-state index contributed by atoms with van der Waals surface area (Å²) in [6.45, 7) is 2.99. The molecule has 1 atom stereocenters. The van der Waals surface area contributed by atoms with Crippen LogP contribution in [0.3, 0.4) is 0 Å². The summed E-state index contributed by atoms with van der Waals surface area (Å²) in [5.41, 5.74) is 8.03. The van der Waals surface area contributed by atoms with Crippen molar-refractivity contribution in [2.24, 2.45) is 11.7 Å². The number of amides is 3. The van der Waals surface area contributed by atoms with Crippen LogP contribution in [0, 0.1) is 5.92 Å². The van der Waals surface area contributed by atoms with Crippen molar-refractivity contribution in [1.29, 1.82) is 0 Å². The lowest BCUT2D eigenvalue weighted by atomic mass is 9.90. The molecule has 3 N–H and O–H groups in total. The van der Waals surface area contributed by atoms with Gasteiger partial charge in [-0.3, -0.25) is 9.89 Å². The second-order valence-corrected chi connectivity index (χ2v) is 8.25. The first-order valence-electron chi connectivity index (χ1n) is 10.5. The van der Waals surface area contributed by atoms with Crippen molar-refractivity contribution < 1.29 is 9.59 Å². The number of primary amides is 1. The van der Waals surface area contributed by atoms with Crippen LogP contribution in [0.1, 0.15) is 53.2 Å². The number of aromatic nitrogens is 2. The number of rotatable bonds is 4. The van der Waals surface area contributed by atoms with E-state index in [1.807, 2.05) is 15.9 Å². The fourth-order valence-corrected chi connectivity index (χ4v) is 4.67. The predicted molar refractivity (Wildman–Crippen MR) is 110 cm³/mol. The molecule has 0 spiro atoms. The third-order valence-electron chi connectivity index (χ3n) is 6.29. The SMILES string of the molecule is NC(=O)c1cn[nH]c1C1CCCN(C(=O)N2CCC(Cc3ccccc3)CC2)C1. The Morgan fingerprint density at radius 1 is 1.07 bits per heavy atom. The number of benzene rings is 1. The average molecular weight is 396 g/mol. The number of hydrogen-bond donors (Lipinski definition) is 2. The van der Waals surface area contributed by atoms with Crippen molar-refractivity contribution in [1.82, 2.24) is 20.0 Å². The number of likely N-dealkylation sites (tertiary alicyclic amines) is 2. The van der Waals surface area contributed by atoms with Gasteiger partial charge in [-0.25, -0.2) is 4.79 Å². The van der Waals surface area contributed by atoms with Crippen LogP contribution >= 0.6 is 0 Å². The predicted octanol–water partition coefficient (Wildman–Crippen LogP) is 2.76. The van der Waals surface area contributed by atoms with Gasteiger partial charge in [0.05, 0.1) is 17.5 Å². The van der Waals surface area contributed by atoms with E-state index in [9.17, 15) is 9.59 Å². The molecule has 0 saturated carbocycles. The van der Waals surface area contributed by atoms with Crippen LogP contribution in [-0.2, 0) is 6.42 Å². The molecule has 7 heteroatoms. The topological polar surface area (TPSA) is 95.3 Å². The van der Waals surface area contributed by atoms with Crippen LogP contribution in [0.5, 0.6) is 0 Å². The molecule has 2 saturated heterocycles. The first kappa shape index (κ1) is 19.5. The smallest absolute Gasteiger partial charge is 0.320 e. The van der Waals surface area contributed by atoms with Crippen LogP contribution in [0.25, 0.3) is 0 Å². The van der Waals surface area contributed by atoms with E-state index in [1.54, 1.807) is 0 Å². The van der Waals surface area contributed by atoms with Crippen molar-refractivity contribution in [2.45, 2.75) is 38.0 Å². The second-order valence-electron chi connectivity index (χ2n) is 8.25. The number of aromatic amines is 1. The number of nitrogens with two attached hydrogens (primary N) is 1. The lowest BCUT2D eigenvalue weighted by Crippen LogP contribution is -2.49. The number of carbonyl (C=O) groups excluding carboxylic acids is 2. The number of H-pyrrole nitrogens is 1. The maximum absolute atomic E-state index is 13.1. The van der Waals surface area contributed by atoms with Crippen LogP contribution < -0.4 is 5.73 Å². The highest BCUT2D eigenvalue weighted by molar-refractivity contribution is 5.93. The van der Waals surface area contributed by atoms with E-state index in [0.29, 0.717) is 18.0 Å². The molecule has 3 heterocycles. The van der Waals surface area contributed by atoms with Gasteiger partial charge in [0, 0.05) is 32.1 Å².